The van der Waals surface area contributed by atoms with Gasteiger partial charge in [0.05, 0.1) is 11.5 Å². The highest BCUT2D eigenvalue weighted by Gasteiger charge is 2.33. The molecule has 0 radical (unpaired) electrons. The molecule has 1 heterocycles. The Labute approximate surface area is 95.5 Å². The zero-order valence-corrected chi connectivity index (χ0v) is 10.4. The predicted molar refractivity (Wildman–Crippen MR) is 59.8 cm³/mol. The molecule has 1 amide bonds. The van der Waals surface area contributed by atoms with Gasteiger partial charge in [-0.2, -0.15) is 0 Å². The molecule has 1 saturated heterocycles. The Balaban J connectivity index is 2.69. The van der Waals surface area contributed by atoms with Crippen molar-refractivity contribution >= 4 is 27.3 Å². The predicted octanol–water partition coefficient (Wildman–Crippen LogP) is 0.651. The molecule has 1 atom stereocenters. The van der Waals surface area contributed by atoms with E-state index in [1.807, 2.05) is 6.92 Å². The highest BCUT2D eigenvalue weighted by molar-refractivity contribution is 7.91. The minimum atomic E-state index is -2.94. The van der Waals surface area contributed by atoms with E-state index in [1.54, 1.807) is 4.90 Å². The summed E-state index contributed by atoms with van der Waals surface area (Å²) < 4.78 is 22.6. The minimum Gasteiger partial charge on any atom is -0.338 e. The number of carbonyl (C=O) groups excluding carboxylic acids is 1. The standard InChI is InChI=1S/C9H16ClNO3S/c1-2-4-11(9(12)6-10)8-3-5-15(13,14)7-8/h8H,2-7H2,1H3/t8-/m0/s1. The molecular weight excluding hydrogens is 238 g/mol. The van der Waals surface area contributed by atoms with Crippen LogP contribution in [0.25, 0.3) is 0 Å². The van der Waals surface area contributed by atoms with Crippen molar-refractivity contribution in [2.45, 2.75) is 25.8 Å². The van der Waals surface area contributed by atoms with E-state index in [4.69, 9.17) is 11.6 Å². The van der Waals surface area contributed by atoms with Crippen LogP contribution < -0.4 is 0 Å². The molecule has 15 heavy (non-hydrogen) atoms. The van der Waals surface area contributed by atoms with Gasteiger partial charge < -0.3 is 4.90 Å². The zero-order chi connectivity index (χ0) is 11.5. The van der Waals surface area contributed by atoms with Crippen LogP contribution in [0.3, 0.4) is 0 Å². The molecule has 1 aliphatic rings. The van der Waals surface area contributed by atoms with Crippen LogP contribution in [-0.4, -0.2) is 49.2 Å². The first-order chi connectivity index (χ1) is 7.00. The van der Waals surface area contributed by atoms with Gasteiger partial charge in [0.1, 0.15) is 5.88 Å². The van der Waals surface area contributed by atoms with Gasteiger partial charge in [0.15, 0.2) is 9.84 Å². The molecule has 88 valence electrons. The van der Waals surface area contributed by atoms with Crippen LogP contribution in [0.4, 0.5) is 0 Å². The summed E-state index contributed by atoms with van der Waals surface area (Å²) in [6, 6.07) is -0.166. The lowest BCUT2D eigenvalue weighted by molar-refractivity contribution is -0.130. The lowest BCUT2D eigenvalue weighted by Crippen LogP contribution is -2.42. The summed E-state index contributed by atoms with van der Waals surface area (Å²) in [6.45, 7) is 2.55. The van der Waals surface area contributed by atoms with Gasteiger partial charge in [-0.25, -0.2) is 8.42 Å². The Morgan fingerprint density at radius 2 is 2.20 bits per heavy atom. The quantitative estimate of drug-likeness (QED) is 0.692. The Bertz CT molecular complexity index is 328. The number of hydrogen-bond donors (Lipinski definition) is 0. The normalized spacial score (nSPS) is 24.0. The Morgan fingerprint density at radius 3 is 2.60 bits per heavy atom. The Morgan fingerprint density at radius 1 is 1.53 bits per heavy atom. The van der Waals surface area contributed by atoms with Crippen LogP contribution in [0, 0.1) is 0 Å². The molecule has 1 fully saturated rings. The number of carbonyl (C=O) groups is 1. The second kappa shape index (κ2) is 5.16. The highest BCUT2D eigenvalue weighted by atomic mass is 35.5. The Hall–Kier alpha value is -0.290. The molecule has 0 spiro atoms. The van der Waals surface area contributed by atoms with Crippen molar-refractivity contribution in [3.63, 3.8) is 0 Å². The van der Waals surface area contributed by atoms with Crippen molar-refractivity contribution < 1.29 is 13.2 Å². The van der Waals surface area contributed by atoms with E-state index in [2.05, 4.69) is 0 Å². The Kier molecular flexibility index (Phi) is 4.40. The van der Waals surface area contributed by atoms with Gasteiger partial charge >= 0.3 is 0 Å². The molecule has 0 saturated carbocycles. The molecule has 0 N–H and O–H groups in total. The topological polar surface area (TPSA) is 54.5 Å². The van der Waals surface area contributed by atoms with Crippen LogP contribution in [0.1, 0.15) is 19.8 Å². The lowest BCUT2D eigenvalue weighted by atomic mass is 10.2. The van der Waals surface area contributed by atoms with Crippen molar-refractivity contribution in [3.05, 3.63) is 0 Å². The number of alkyl halides is 1. The minimum absolute atomic E-state index is 0.0729. The first-order valence-corrected chi connectivity index (χ1v) is 7.41. The monoisotopic (exact) mass is 253 g/mol. The first-order valence-electron chi connectivity index (χ1n) is 5.06. The van der Waals surface area contributed by atoms with Gasteiger partial charge in [0.2, 0.25) is 5.91 Å². The second-order valence-corrected chi connectivity index (χ2v) is 6.27. The third-order valence-electron chi connectivity index (χ3n) is 2.55. The first kappa shape index (κ1) is 12.8. The number of amides is 1. The lowest BCUT2D eigenvalue weighted by Gasteiger charge is -2.27. The van der Waals surface area contributed by atoms with Crippen molar-refractivity contribution in [1.82, 2.24) is 4.90 Å². The fourth-order valence-electron chi connectivity index (χ4n) is 1.85. The molecule has 4 nitrogen and oxygen atoms in total. The summed E-state index contributed by atoms with van der Waals surface area (Å²) in [7, 11) is -2.94. The molecular formula is C9H16ClNO3S. The maximum Gasteiger partial charge on any atom is 0.237 e. The van der Waals surface area contributed by atoms with Crippen molar-refractivity contribution in [2.75, 3.05) is 23.9 Å². The molecule has 0 unspecified atom stereocenters. The summed E-state index contributed by atoms with van der Waals surface area (Å²) in [4.78, 5) is 13.1. The maximum atomic E-state index is 11.5. The van der Waals surface area contributed by atoms with E-state index in [0.717, 1.165) is 6.42 Å². The van der Waals surface area contributed by atoms with Gasteiger partial charge in [-0.05, 0) is 12.8 Å². The number of nitrogens with zero attached hydrogens (tertiary/aromatic N) is 1. The molecule has 0 bridgehead atoms. The summed E-state index contributed by atoms with van der Waals surface area (Å²) in [5.74, 6) is 0.0419. The van der Waals surface area contributed by atoms with Gasteiger partial charge in [-0.15, -0.1) is 11.6 Å². The van der Waals surface area contributed by atoms with Gasteiger partial charge in [0, 0.05) is 12.6 Å². The summed E-state index contributed by atoms with van der Waals surface area (Å²) in [5.41, 5.74) is 0. The molecule has 1 aliphatic heterocycles. The van der Waals surface area contributed by atoms with E-state index < -0.39 is 9.84 Å². The van der Waals surface area contributed by atoms with Crippen molar-refractivity contribution in [2.24, 2.45) is 0 Å². The van der Waals surface area contributed by atoms with Crippen LogP contribution >= 0.6 is 11.6 Å². The van der Waals surface area contributed by atoms with E-state index in [-0.39, 0.29) is 29.3 Å². The maximum absolute atomic E-state index is 11.5. The molecule has 0 aromatic rings. The van der Waals surface area contributed by atoms with Crippen LogP contribution in [-0.2, 0) is 14.6 Å². The zero-order valence-electron chi connectivity index (χ0n) is 8.78. The van der Waals surface area contributed by atoms with E-state index in [9.17, 15) is 13.2 Å². The molecule has 0 aromatic carbocycles. The fraction of sp³-hybridized carbons (Fsp3) is 0.889. The SMILES string of the molecule is CCCN(C(=O)CCl)[C@H]1CCS(=O)(=O)C1. The fourth-order valence-corrected chi connectivity index (χ4v) is 3.73. The third kappa shape index (κ3) is 3.34. The number of rotatable bonds is 4. The molecule has 0 aliphatic carbocycles. The molecule has 0 aromatic heterocycles. The average molecular weight is 254 g/mol. The van der Waals surface area contributed by atoms with E-state index in [0.29, 0.717) is 13.0 Å². The van der Waals surface area contributed by atoms with E-state index >= 15 is 0 Å². The largest absolute Gasteiger partial charge is 0.338 e. The van der Waals surface area contributed by atoms with Gasteiger partial charge in [-0.3, -0.25) is 4.79 Å². The summed E-state index contributed by atoms with van der Waals surface area (Å²) >= 11 is 5.49. The second-order valence-electron chi connectivity index (χ2n) is 3.78. The van der Waals surface area contributed by atoms with Crippen LogP contribution in [0.15, 0.2) is 0 Å². The molecule has 6 heteroatoms. The highest BCUT2D eigenvalue weighted by Crippen LogP contribution is 2.18. The van der Waals surface area contributed by atoms with E-state index in [1.165, 1.54) is 0 Å². The third-order valence-corrected chi connectivity index (χ3v) is 4.53. The number of halogens is 1. The van der Waals surface area contributed by atoms with Crippen molar-refractivity contribution in [1.29, 1.82) is 0 Å². The van der Waals surface area contributed by atoms with Crippen LogP contribution in [0.5, 0.6) is 0 Å². The number of hydrogen-bond acceptors (Lipinski definition) is 3. The van der Waals surface area contributed by atoms with Crippen molar-refractivity contribution in [3.8, 4) is 0 Å². The van der Waals surface area contributed by atoms with Gasteiger partial charge in [0.25, 0.3) is 0 Å². The smallest absolute Gasteiger partial charge is 0.237 e. The van der Waals surface area contributed by atoms with Crippen LogP contribution in [0.2, 0.25) is 0 Å². The average Bonchev–Trinajstić information content (AvgIpc) is 2.54. The summed E-state index contributed by atoms with van der Waals surface area (Å²) in [5, 5.41) is 0. The summed E-state index contributed by atoms with van der Waals surface area (Å²) in [6.07, 6.45) is 1.37. The van der Waals surface area contributed by atoms with Gasteiger partial charge in [-0.1, -0.05) is 6.92 Å². The number of sulfone groups is 1. The molecule has 1 rings (SSSR count).